The van der Waals surface area contributed by atoms with Gasteiger partial charge in [0.15, 0.2) is 0 Å². The van der Waals surface area contributed by atoms with Gasteiger partial charge in [-0.25, -0.2) is 4.98 Å². The summed E-state index contributed by atoms with van der Waals surface area (Å²) in [5, 5.41) is 2.37. The second kappa shape index (κ2) is 13.7. The van der Waals surface area contributed by atoms with Gasteiger partial charge in [-0.3, -0.25) is 4.57 Å². The fourth-order valence-corrected chi connectivity index (χ4v) is 7.99. The molecule has 0 unspecified atom stereocenters. The molecule has 0 spiro atoms. The smallest absolute Gasteiger partial charge is 0.137 e. The molecule has 1 aliphatic rings. The van der Waals surface area contributed by atoms with E-state index in [1.54, 1.807) is 0 Å². The first-order chi connectivity index (χ1) is 25.9. The highest BCUT2D eigenvalue weighted by Gasteiger charge is 2.30. The first kappa shape index (κ1) is 35.5. The summed E-state index contributed by atoms with van der Waals surface area (Å²) in [6.07, 6.45) is 4.18. The molecule has 0 bridgehead atoms. The first-order valence-electron chi connectivity index (χ1n) is 19.5. The lowest BCUT2D eigenvalue weighted by Crippen LogP contribution is -2.24. The molecule has 0 saturated carbocycles. The zero-order valence-corrected chi connectivity index (χ0v) is 33.0. The highest BCUT2D eigenvalue weighted by atomic mass is 16.5. The average Bonchev–Trinajstić information content (AvgIpc) is 3.71. The maximum absolute atomic E-state index is 6.71. The molecule has 274 valence electrons. The van der Waals surface area contributed by atoms with Crippen LogP contribution in [0.25, 0.3) is 27.6 Å². The fraction of sp³-hybridized carbons (Fsp3) is 0.286. The Labute approximate surface area is 320 Å². The SMILES string of the molecule is CCC(CC)c1ccc2c(c1)N(c1cccc(C(C)(C)C)c1)CN2c1cccc(Oc2ccc3c4ccccc4n(-c4cc(C(C)(C)C)ccn4)c3c2)c1. The standard InChI is InChI=1S/C49H52N4O/c1-9-33(10-2)34-21-24-44-46(27-34)52(37-16-13-15-35(28-37)48(3,4)5)32-51(44)38-17-14-18-39(30-38)54-40-22-23-42-41-19-11-12-20-43(41)53(45(42)31-40)47-29-36(25-26-50-47)49(6,7)8/h11-31,33H,9-10,32H2,1-8H3. The van der Waals surface area contributed by atoms with Crippen LogP contribution in [0.4, 0.5) is 22.7 Å². The van der Waals surface area contributed by atoms with E-state index in [1.165, 1.54) is 44.5 Å². The number of anilines is 4. The van der Waals surface area contributed by atoms with Gasteiger partial charge in [-0.15, -0.1) is 0 Å². The van der Waals surface area contributed by atoms with Gasteiger partial charge < -0.3 is 14.5 Å². The Kier molecular flexibility index (Phi) is 9.00. The largest absolute Gasteiger partial charge is 0.457 e. The predicted octanol–water partition coefficient (Wildman–Crippen LogP) is 13.7. The zero-order chi connectivity index (χ0) is 37.8. The molecular formula is C49H52N4O. The summed E-state index contributed by atoms with van der Waals surface area (Å²) in [7, 11) is 0. The molecule has 0 fully saturated rings. The lowest BCUT2D eigenvalue weighted by atomic mass is 9.87. The van der Waals surface area contributed by atoms with E-state index < -0.39 is 0 Å². The third-order valence-electron chi connectivity index (χ3n) is 11.2. The molecule has 5 heteroatoms. The number of hydrogen-bond acceptors (Lipinski definition) is 4. The van der Waals surface area contributed by atoms with E-state index in [1.807, 2.05) is 6.20 Å². The van der Waals surface area contributed by atoms with Gasteiger partial charge in [0.2, 0.25) is 0 Å². The average molecular weight is 713 g/mol. The second-order valence-corrected chi connectivity index (χ2v) is 16.8. The van der Waals surface area contributed by atoms with Crippen LogP contribution < -0.4 is 14.5 Å². The number of fused-ring (bicyclic) bond motifs is 4. The molecule has 1 aliphatic heterocycles. The molecule has 0 saturated heterocycles. The van der Waals surface area contributed by atoms with Crippen LogP contribution in [0.3, 0.4) is 0 Å². The van der Waals surface area contributed by atoms with Crippen molar-refractivity contribution in [2.75, 3.05) is 16.5 Å². The van der Waals surface area contributed by atoms with Crippen LogP contribution in [-0.4, -0.2) is 16.2 Å². The van der Waals surface area contributed by atoms with Gasteiger partial charge in [0, 0.05) is 40.5 Å². The van der Waals surface area contributed by atoms with E-state index in [0.717, 1.165) is 46.9 Å². The molecule has 54 heavy (non-hydrogen) atoms. The van der Waals surface area contributed by atoms with Crippen molar-refractivity contribution in [3.05, 3.63) is 144 Å². The molecule has 0 amide bonds. The van der Waals surface area contributed by atoms with Gasteiger partial charge >= 0.3 is 0 Å². The van der Waals surface area contributed by atoms with Gasteiger partial charge in [-0.05, 0) is 113 Å². The van der Waals surface area contributed by atoms with Crippen molar-refractivity contribution >= 4 is 44.6 Å². The Hall–Kier alpha value is -5.55. The summed E-state index contributed by atoms with van der Waals surface area (Å²) in [4.78, 5) is 9.75. The normalized spacial score (nSPS) is 13.4. The van der Waals surface area contributed by atoms with E-state index in [9.17, 15) is 0 Å². The molecule has 5 nitrogen and oxygen atoms in total. The van der Waals surface area contributed by atoms with Crippen LogP contribution in [0.15, 0.2) is 128 Å². The van der Waals surface area contributed by atoms with Crippen LogP contribution in [-0.2, 0) is 10.8 Å². The Morgan fingerprint density at radius 2 is 1.26 bits per heavy atom. The molecule has 2 aromatic heterocycles. The van der Waals surface area contributed by atoms with Crippen LogP contribution >= 0.6 is 0 Å². The summed E-state index contributed by atoms with van der Waals surface area (Å²) < 4.78 is 8.98. The maximum atomic E-state index is 6.71. The van der Waals surface area contributed by atoms with Gasteiger partial charge in [0.05, 0.1) is 22.4 Å². The predicted molar refractivity (Wildman–Crippen MR) is 228 cm³/mol. The van der Waals surface area contributed by atoms with Crippen molar-refractivity contribution in [2.24, 2.45) is 0 Å². The lowest BCUT2D eigenvalue weighted by Gasteiger charge is -2.25. The molecule has 5 aromatic carbocycles. The van der Waals surface area contributed by atoms with Crippen molar-refractivity contribution in [1.29, 1.82) is 0 Å². The summed E-state index contributed by atoms with van der Waals surface area (Å²) in [6, 6.07) is 44.0. The molecular weight excluding hydrogens is 661 g/mol. The fourth-order valence-electron chi connectivity index (χ4n) is 7.99. The monoisotopic (exact) mass is 712 g/mol. The Bertz CT molecular complexity index is 2480. The summed E-state index contributed by atoms with van der Waals surface area (Å²) in [5.41, 5.74) is 11.0. The van der Waals surface area contributed by atoms with Crippen molar-refractivity contribution in [1.82, 2.24) is 9.55 Å². The minimum atomic E-state index is 0.00874. The number of rotatable bonds is 8. The number of hydrogen-bond donors (Lipinski definition) is 0. The minimum absolute atomic E-state index is 0.00874. The van der Waals surface area contributed by atoms with Crippen molar-refractivity contribution in [3.8, 4) is 17.3 Å². The maximum Gasteiger partial charge on any atom is 0.137 e. The summed E-state index contributed by atoms with van der Waals surface area (Å²) >= 11 is 0. The third-order valence-corrected chi connectivity index (χ3v) is 11.2. The van der Waals surface area contributed by atoms with Gasteiger partial charge in [-0.1, -0.05) is 97.9 Å². The topological polar surface area (TPSA) is 33.5 Å². The number of pyridine rings is 1. The van der Waals surface area contributed by atoms with Gasteiger partial charge in [-0.2, -0.15) is 0 Å². The molecule has 0 radical (unpaired) electrons. The van der Waals surface area contributed by atoms with E-state index in [2.05, 4.69) is 191 Å². The molecule has 8 rings (SSSR count). The number of para-hydroxylation sites is 1. The lowest BCUT2D eigenvalue weighted by molar-refractivity contribution is 0.483. The highest BCUT2D eigenvalue weighted by Crippen LogP contribution is 2.47. The molecule has 0 N–H and O–H groups in total. The van der Waals surface area contributed by atoms with E-state index in [0.29, 0.717) is 12.6 Å². The number of aromatic nitrogens is 2. The number of nitrogens with zero attached hydrogens (tertiary/aromatic N) is 4. The Morgan fingerprint density at radius 3 is 2.02 bits per heavy atom. The summed E-state index contributed by atoms with van der Waals surface area (Å²) in [5.74, 6) is 3.03. The van der Waals surface area contributed by atoms with Crippen molar-refractivity contribution in [2.45, 2.75) is 85.0 Å². The number of ether oxygens (including phenoxy) is 1. The molecule has 0 atom stereocenters. The van der Waals surface area contributed by atoms with E-state index in [-0.39, 0.29) is 10.8 Å². The van der Waals surface area contributed by atoms with Crippen molar-refractivity contribution < 1.29 is 4.74 Å². The third kappa shape index (κ3) is 6.51. The molecule has 3 heterocycles. The van der Waals surface area contributed by atoms with Crippen LogP contribution in [0, 0.1) is 0 Å². The zero-order valence-electron chi connectivity index (χ0n) is 33.0. The second-order valence-electron chi connectivity index (χ2n) is 16.8. The van der Waals surface area contributed by atoms with Gasteiger partial charge in [0.25, 0.3) is 0 Å². The van der Waals surface area contributed by atoms with Crippen LogP contribution in [0.1, 0.15) is 90.8 Å². The Balaban J connectivity index is 1.17. The molecule has 7 aromatic rings. The highest BCUT2D eigenvalue weighted by molar-refractivity contribution is 6.09. The van der Waals surface area contributed by atoms with Gasteiger partial charge in [0.1, 0.15) is 24.0 Å². The Morgan fingerprint density at radius 1 is 0.593 bits per heavy atom. The van der Waals surface area contributed by atoms with E-state index in [4.69, 9.17) is 9.72 Å². The van der Waals surface area contributed by atoms with E-state index >= 15 is 0 Å². The van der Waals surface area contributed by atoms with Crippen LogP contribution in [0.2, 0.25) is 0 Å². The number of benzene rings is 5. The first-order valence-corrected chi connectivity index (χ1v) is 19.5. The molecule has 0 aliphatic carbocycles. The minimum Gasteiger partial charge on any atom is -0.457 e. The quantitative estimate of drug-likeness (QED) is 0.157. The van der Waals surface area contributed by atoms with Crippen LogP contribution in [0.5, 0.6) is 11.5 Å². The summed E-state index contributed by atoms with van der Waals surface area (Å²) in [6.45, 7) is 18.9. The van der Waals surface area contributed by atoms with Crippen molar-refractivity contribution in [3.63, 3.8) is 0 Å².